The van der Waals surface area contributed by atoms with E-state index in [9.17, 15) is 4.79 Å². The Bertz CT molecular complexity index is 896. The molecule has 2 heterocycles. The Balaban J connectivity index is 1.38. The number of carbonyl (C=O) groups is 1. The van der Waals surface area contributed by atoms with Crippen LogP contribution in [-0.4, -0.2) is 42.0 Å². The van der Waals surface area contributed by atoms with E-state index in [1.807, 2.05) is 34.5 Å². The minimum absolute atomic E-state index is 0.179. The number of anilines is 1. The van der Waals surface area contributed by atoms with Crippen LogP contribution in [0.5, 0.6) is 5.75 Å². The van der Waals surface area contributed by atoms with Crippen LogP contribution < -0.4 is 21.4 Å². The van der Waals surface area contributed by atoms with Gasteiger partial charge >= 0.3 is 6.09 Å². The summed E-state index contributed by atoms with van der Waals surface area (Å²) in [7, 11) is 0. The third-order valence-corrected chi connectivity index (χ3v) is 6.91. The summed E-state index contributed by atoms with van der Waals surface area (Å²) in [5, 5.41) is 7.88. The fraction of sp³-hybridized carbons (Fsp3) is 0.542. The van der Waals surface area contributed by atoms with E-state index in [1.165, 1.54) is 30.6 Å². The van der Waals surface area contributed by atoms with Crippen molar-refractivity contribution in [3.05, 3.63) is 40.3 Å². The number of carbonyl (C=O) groups excluding carboxylic acids is 1. The first-order valence-corrected chi connectivity index (χ1v) is 12.8. The molecule has 10 heteroatoms. The van der Waals surface area contributed by atoms with E-state index in [0.29, 0.717) is 32.2 Å². The highest BCUT2D eigenvalue weighted by molar-refractivity contribution is 7.09. The van der Waals surface area contributed by atoms with Gasteiger partial charge in [0, 0.05) is 24.4 Å². The third-order valence-electron chi connectivity index (χ3n) is 5.86. The average Bonchev–Trinajstić information content (AvgIpc) is 3.34. The van der Waals surface area contributed by atoms with Gasteiger partial charge in [-0.15, -0.1) is 11.3 Å². The number of benzene rings is 1. The number of rotatable bonds is 12. The molecule has 4 N–H and O–H groups in total. The van der Waals surface area contributed by atoms with Gasteiger partial charge in [-0.1, -0.05) is 32.6 Å². The minimum Gasteiger partial charge on any atom is -0.487 e. The van der Waals surface area contributed by atoms with E-state index in [1.54, 1.807) is 11.3 Å². The molecule has 1 aromatic carbocycles. The summed E-state index contributed by atoms with van der Waals surface area (Å²) in [6.07, 6.45) is 8.72. The number of likely N-dealkylation sites (tertiary alicyclic amines) is 1. The van der Waals surface area contributed by atoms with Gasteiger partial charge in [-0.05, 0) is 43.5 Å². The van der Waals surface area contributed by atoms with Gasteiger partial charge in [0.1, 0.15) is 18.7 Å². The molecular weight excluding hydrogens is 452 g/mol. The van der Waals surface area contributed by atoms with Crippen molar-refractivity contribution in [1.29, 1.82) is 0 Å². The van der Waals surface area contributed by atoms with Gasteiger partial charge in [0.15, 0.2) is 0 Å². The van der Waals surface area contributed by atoms with Gasteiger partial charge in [-0.25, -0.2) is 15.6 Å². The number of unbranched alkanes of at least 4 members (excludes halogenated alkanes) is 4. The summed E-state index contributed by atoms with van der Waals surface area (Å²) in [4.78, 5) is 18.9. The Hall–Kier alpha value is -2.85. The van der Waals surface area contributed by atoms with Crippen LogP contribution in [0, 0.1) is 0 Å². The van der Waals surface area contributed by atoms with E-state index in [-0.39, 0.29) is 6.09 Å². The summed E-state index contributed by atoms with van der Waals surface area (Å²) in [6, 6.07) is 7.34. The standard InChI is InChI=1S/C24H36N6O3S/c1-2-3-4-5-6-15-32-24(31)29-13-11-19(12-14-29)23-28-20(17-34-23)16-33-22-9-7-21(8-10-22)30(26)18-27-25/h7-10,17-19H,2-6,11-16,25-26H2,1H3/b27-18-. The number of hydrazone groups is 1. The maximum atomic E-state index is 12.3. The van der Waals surface area contributed by atoms with Gasteiger partial charge in [0.2, 0.25) is 0 Å². The number of thiazole rings is 1. The molecule has 1 saturated heterocycles. The highest BCUT2D eigenvalue weighted by atomic mass is 32.1. The molecule has 3 rings (SSSR count). The van der Waals surface area contributed by atoms with E-state index in [2.05, 4.69) is 12.0 Å². The summed E-state index contributed by atoms with van der Waals surface area (Å²) in [5.74, 6) is 12.0. The zero-order chi connectivity index (χ0) is 24.2. The number of hydrogen-bond acceptors (Lipinski definition) is 8. The number of hydrazine groups is 1. The SMILES string of the molecule is CCCCCCCOC(=O)N1CCC(c2nc(COc3ccc(N(N)/C=N\N)cc3)cs2)CC1. The van der Waals surface area contributed by atoms with E-state index < -0.39 is 0 Å². The fourth-order valence-electron chi connectivity index (χ4n) is 3.85. The number of hydrogen-bond donors (Lipinski definition) is 2. The van der Waals surface area contributed by atoms with Crippen LogP contribution in [0.3, 0.4) is 0 Å². The largest absolute Gasteiger partial charge is 0.487 e. The van der Waals surface area contributed by atoms with Crippen molar-refractivity contribution >= 4 is 29.5 Å². The van der Waals surface area contributed by atoms with Crippen LogP contribution in [0.4, 0.5) is 10.5 Å². The normalized spacial score (nSPS) is 14.5. The first-order valence-electron chi connectivity index (χ1n) is 12.0. The molecule has 2 aromatic rings. The van der Waals surface area contributed by atoms with Crippen molar-refractivity contribution < 1.29 is 14.3 Å². The number of ether oxygens (including phenoxy) is 2. The van der Waals surface area contributed by atoms with Crippen molar-refractivity contribution in [2.45, 2.75) is 64.4 Å². The predicted octanol–water partition coefficient (Wildman–Crippen LogP) is 4.59. The molecule has 0 spiro atoms. The molecule has 1 aromatic heterocycles. The molecule has 1 aliphatic rings. The van der Waals surface area contributed by atoms with Gasteiger partial charge in [-0.2, -0.15) is 5.10 Å². The van der Waals surface area contributed by atoms with Gasteiger partial charge in [-0.3, -0.25) is 5.01 Å². The maximum Gasteiger partial charge on any atom is 0.409 e. The highest BCUT2D eigenvalue weighted by Crippen LogP contribution is 2.31. The molecule has 0 radical (unpaired) electrons. The Morgan fingerprint density at radius 2 is 1.97 bits per heavy atom. The highest BCUT2D eigenvalue weighted by Gasteiger charge is 2.26. The molecule has 0 aliphatic carbocycles. The lowest BCUT2D eigenvalue weighted by atomic mass is 9.98. The Morgan fingerprint density at radius 1 is 1.24 bits per heavy atom. The van der Waals surface area contributed by atoms with Crippen LogP contribution in [0.15, 0.2) is 34.7 Å². The zero-order valence-electron chi connectivity index (χ0n) is 19.9. The van der Waals surface area contributed by atoms with Crippen LogP contribution in [0.1, 0.15) is 68.5 Å². The number of amides is 1. The number of aromatic nitrogens is 1. The van der Waals surface area contributed by atoms with Crippen LogP contribution in [0.2, 0.25) is 0 Å². The van der Waals surface area contributed by atoms with Gasteiger partial charge < -0.3 is 20.2 Å². The monoisotopic (exact) mass is 488 g/mol. The smallest absolute Gasteiger partial charge is 0.409 e. The Kier molecular flexibility index (Phi) is 10.4. The average molecular weight is 489 g/mol. The lowest BCUT2D eigenvalue weighted by molar-refractivity contribution is 0.0911. The number of nitrogens with two attached hydrogens (primary N) is 2. The Morgan fingerprint density at radius 3 is 2.68 bits per heavy atom. The zero-order valence-corrected chi connectivity index (χ0v) is 20.7. The predicted molar refractivity (Wildman–Crippen MR) is 136 cm³/mol. The fourth-order valence-corrected chi connectivity index (χ4v) is 4.83. The van der Waals surface area contributed by atoms with Gasteiger partial charge in [0.25, 0.3) is 0 Å². The molecule has 1 aliphatic heterocycles. The minimum atomic E-state index is -0.179. The lowest BCUT2D eigenvalue weighted by Gasteiger charge is -2.30. The topological polar surface area (TPSA) is 119 Å². The quantitative estimate of drug-likeness (QED) is 0.147. The maximum absolute atomic E-state index is 12.3. The molecule has 0 bridgehead atoms. The molecule has 34 heavy (non-hydrogen) atoms. The van der Waals surface area contributed by atoms with Crippen LogP contribution in [0.25, 0.3) is 0 Å². The molecule has 0 unspecified atom stereocenters. The summed E-state index contributed by atoms with van der Waals surface area (Å²) >= 11 is 1.66. The third kappa shape index (κ3) is 7.88. The van der Waals surface area contributed by atoms with Crippen molar-refractivity contribution in [3.63, 3.8) is 0 Å². The van der Waals surface area contributed by atoms with Crippen molar-refractivity contribution in [2.75, 3.05) is 24.7 Å². The molecule has 1 amide bonds. The molecular formula is C24H36N6O3S. The number of piperidine rings is 1. The summed E-state index contributed by atoms with van der Waals surface area (Å²) < 4.78 is 11.3. The first kappa shape index (κ1) is 25.8. The van der Waals surface area contributed by atoms with E-state index >= 15 is 0 Å². The summed E-state index contributed by atoms with van der Waals surface area (Å²) in [6.45, 7) is 4.54. The Labute approximate surface area is 205 Å². The second-order valence-electron chi connectivity index (χ2n) is 8.42. The molecule has 9 nitrogen and oxygen atoms in total. The molecule has 0 atom stereocenters. The summed E-state index contributed by atoms with van der Waals surface area (Å²) in [5.41, 5.74) is 1.66. The molecule has 186 valence electrons. The van der Waals surface area contributed by atoms with E-state index in [0.717, 1.165) is 47.8 Å². The van der Waals surface area contributed by atoms with Crippen molar-refractivity contribution in [1.82, 2.24) is 9.88 Å². The first-order chi connectivity index (χ1) is 16.6. The van der Waals surface area contributed by atoms with E-state index in [4.69, 9.17) is 26.1 Å². The molecule has 1 fully saturated rings. The second kappa shape index (κ2) is 13.8. The van der Waals surface area contributed by atoms with Gasteiger partial charge in [0.05, 0.1) is 23.0 Å². The van der Waals surface area contributed by atoms with Crippen LogP contribution >= 0.6 is 11.3 Å². The van der Waals surface area contributed by atoms with Crippen molar-refractivity contribution in [3.8, 4) is 5.75 Å². The van der Waals surface area contributed by atoms with Crippen LogP contribution in [-0.2, 0) is 11.3 Å². The second-order valence-corrected chi connectivity index (χ2v) is 9.31. The number of nitrogens with zero attached hydrogens (tertiary/aromatic N) is 4. The molecule has 0 saturated carbocycles. The van der Waals surface area contributed by atoms with Crippen molar-refractivity contribution in [2.24, 2.45) is 16.8 Å². The lowest BCUT2D eigenvalue weighted by Crippen LogP contribution is -2.38.